The fourth-order valence-electron chi connectivity index (χ4n) is 1.22. The average Bonchev–Trinajstić information content (AvgIpc) is 2.51. The van der Waals surface area contributed by atoms with E-state index in [-0.39, 0.29) is 0 Å². The molecular weight excluding hydrogens is 198 g/mol. The Balaban J connectivity index is 2.52. The fourth-order valence-corrected chi connectivity index (χ4v) is 1.54. The van der Waals surface area contributed by atoms with E-state index >= 15 is 0 Å². The number of hydrogen-bond acceptors (Lipinski definition) is 2. The standard InChI is InChI=1S/C10H9ClN3/c1-7-3-4-8(9(11)5-7)10-12-6-14(2)13-10/h3-5H,1-2H3. The summed E-state index contributed by atoms with van der Waals surface area (Å²) >= 11 is 6.07. The Hall–Kier alpha value is -1.35. The van der Waals surface area contributed by atoms with Crippen LogP contribution in [0.25, 0.3) is 11.4 Å². The Kier molecular flexibility index (Phi) is 2.25. The van der Waals surface area contributed by atoms with Crippen molar-refractivity contribution in [2.45, 2.75) is 6.92 Å². The van der Waals surface area contributed by atoms with Crippen molar-refractivity contribution in [2.24, 2.45) is 7.05 Å². The zero-order valence-corrected chi connectivity index (χ0v) is 8.71. The molecular formula is C10H9ClN3. The second kappa shape index (κ2) is 3.42. The monoisotopic (exact) mass is 206 g/mol. The maximum atomic E-state index is 6.07. The van der Waals surface area contributed by atoms with Gasteiger partial charge in [-0.3, -0.25) is 0 Å². The maximum Gasteiger partial charge on any atom is 0.196 e. The van der Waals surface area contributed by atoms with Crippen molar-refractivity contribution >= 4 is 11.6 Å². The van der Waals surface area contributed by atoms with Crippen molar-refractivity contribution < 1.29 is 0 Å². The molecule has 0 spiro atoms. The van der Waals surface area contributed by atoms with Gasteiger partial charge in [0.2, 0.25) is 0 Å². The molecule has 0 aliphatic carbocycles. The van der Waals surface area contributed by atoms with Gasteiger partial charge in [0.15, 0.2) is 12.2 Å². The Morgan fingerprint density at radius 2 is 2.21 bits per heavy atom. The summed E-state index contributed by atoms with van der Waals surface area (Å²) in [4.78, 5) is 4.02. The summed E-state index contributed by atoms with van der Waals surface area (Å²) in [7, 11) is 1.78. The van der Waals surface area contributed by atoms with Gasteiger partial charge in [-0.25, -0.2) is 9.67 Å². The van der Waals surface area contributed by atoms with Crippen molar-refractivity contribution in [1.29, 1.82) is 0 Å². The Labute approximate surface area is 87.3 Å². The summed E-state index contributed by atoms with van der Waals surface area (Å²) in [5, 5.41) is 4.81. The van der Waals surface area contributed by atoms with E-state index in [1.54, 1.807) is 7.05 Å². The molecule has 0 bridgehead atoms. The molecule has 0 saturated heterocycles. The number of nitrogens with zero attached hydrogens (tertiary/aromatic N) is 3. The zero-order chi connectivity index (χ0) is 10.1. The van der Waals surface area contributed by atoms with Crippen LogP contribution < -0.4 is 0 Å². The lowest BCUT2D eigenvalue weighted by atomic mass is 10.1. The van der Waals surface area contributed by atoms with Gasteiger partial charge in [0.1, 0.15) is 0 Å². The third-order valence-electron chi connectivity index (χ3n) is 1.91. The van der Waals surface area contributed by atoms with Crippen LogP contribution in [-0.4, -0.2) is 14.8 Å². The van der Waals surface area contributed by atoms with Gasteiger partial charge in [0.25, 0.3) is 0 Å². The molecule has 2 aromatic rings. The number of rotatable bonds is 1. The average molecular weight is 207 g/mol. The number of aryl methyl sites for hydroxylation is 2. The number of benzene rings is 1. The minimum Gasteiger partial charge on any atom is -0.246 e. The van der Waals surface area contributed by atoms with Gasteiger partial charge in [-0.1, -0.05) is 17.7 Å². The Morgan fingerprint density at radius 3 is 2.79 bits per heavy atom. The van der Waals surface area contributed by atoms with Crippen LogP contribution in [-0.2, 0) is 7.05 Å². The highest BCUT2D eigenvalue weighted by Gasteiger charge is 2.07. The quantitative estimate of drug-likeness (QED) is 0.717. The molecule has 14 heavy (non-hydrogen) atoms. The third kappa shape index (κ3) is 1.63. The van der Waals surface area contributed by atoms with Gasteiger partial charge < -0.3 is 0 Å². The minimum absolute atomic E-state index is 0.609. The third-order valence-corrected chi connectivity index (χ3v) is 2.22. The molecule has 71 valence electrons. The highest BCUT2D eigenvalue weighted by atomic mass is 35.5. The van der Waals surface area contributed by atoms with Crippen molar-refractivity contribution in [3.05, 3.63) is 35.1 Å². The van der Waals surface area contributed by atoms with Gasteiger partial charge in [0, 0.05) is 12.6 Å². The first-order valence-corrected chi connectivity index (χ1v) is 4.60. The van der Waals surface area contributed by atoms with Gasteiger partial charge in [-0.2, -0.15) is 5.10 Å². The molecule has 0 unspecified atom stereocenters. The summed E-state index contributed by atoms with van der Waals surface area (Å²) in [6, 6.07) is 5.80. The lowest BCUT2D eigenvalue weighted by molar-refractivity contribution is 0.761. The lowest BCUT2D eigenvalue weighted by Gasteiger charge is -2.00. The van der Waals surface area contributed by atoms with E-state index in [0.29, 0.717) is 10.8 Å². The van der Waals surface area contributed by atoms with E-state index in [2.05, 4.69) is 16.4 Å². The maximum absolute atomic E-state index is 6.07. The summed E-state index contributed by atoms with van der Waals surface area (Å²) < 4.78 is 1.53. The fraction of sp³-hybridized carbons (Fsp3) is 0.200. The van der Waals surface area contributed by atoms with Crippen molar-refractivity contribution in [3.63, 3.8) is 0 Å². The number of hydrogen-bond donors (Lipinski definition) is 0. The number of halogens is 1. The topological polar surface area (TPSA) is 30.7 Å². The largest absolute Gasteiger partial charge is 0.246 e. The number of aromatic nitrogens is 3. The first-order chi connectivity index (χ1) is 6.66. The SMILES string of the molecule is Cc1ccc(-c2n[c]n(C)n2)c(Cl)c1. The molecule has 0 aliphatic rings. The molecule has 0 saturated carbocycles. The molecule has 0 fully saturated rings. The first kappa shape index (κ1) is 9.21. The molecule has 1 radical (unpaired) electrons. The van der Waals surface area contributed by atoms with E-state index < -0.39 is 0 Å². The van der Waals surface area contributed by atoms with Gasteiger partial charge in [-0.05, 0) is 24.6 Å². The van der Waals surface area contributed by atoms with Crippen LogP contribution >= 0.6 is 11.6 Å². The van der Waals surface area contributed by atoms with Crippen molar-refractivity contribution in [1.82, 2.24) is 14.8 Å². The normalized spacial score (nSPS) is 10.5. The molecule has 0 N–H and O–H groups in total. The predicted molar refractivity (Wildman–Crippen MR) is 55.0 cm³/mol. The molecule has 1 aromatic heterocycles. The highest BCUT2D eigenvalue weighted by Crippen LogP contribution is 2.25. The van der Waals surface area contributed by atoms with Crippen molar-refractivity contribution in [2.75, 3.05) is 0 Å². The van der Waals surface area contributed by atoms with E-state index in [4.69, 9.17) is 11.6 Å². The van der Waals surface area contributed by atoms with Crippen molar-refractivity contribution in [3.8, 4) is 11.4 Å². The molecule has 0 aliphatic heterocycles. The molecule has 3 nitrogen and oxygen atoms in total. The summed E-state index contributed by atoms with van der Waals surface area (Å²) in [5.74, 6) is 0.609. The molecule has 1 aromatic carbocycles. The summed E-state index contributed by atoms with van der Waals surface area (Å²) in [5.41, 5.74) is 1.97. The lowest BCUT2D eigenvalue weighted by Crippen LogP contribution is -1.89. The summed E-state index contributed by atoms with van der Waals surface area (Å²) in [6.07, 6.45) is 2.71. The highest BCUT2D eigenvalue weighted by molar-refractivity contribution is 6.33. The van der Waals surface area contributed by atoms with Crippen LogP contribution in [0.5, 0.6) is 0 Å². The van der Waals surface area contributed by atoms with E-state index in [9.17, 15) is 0 Å². The molecule has 0 amide bonds. The molecule has 0 atom stereocenters. The Morgan fingerprint density at radius 1 is 1.43 bits per heavy atom. The summed E-state index contributed by atoms with van der Waals surface area (Å²) in [6.45, 7) is 1.99. The second-order valence-corrected chi connectivity index (χ2v) is 3.55. The molecule has 1 heterocycles. The van der Waals surface area contributed by atoms with Crippen LogP contribution in [0, 0.1) is 13.3 Å². The van der Waals surface area contributed by atoms with E-state index in [1.165, 1.54) is 4.68 Å². The molecule has 2 rings (SSSR count). The van der Waals surface area contributed by atoms with Crippen LogP contribution in [0.4, 0.5) is 0 Å². The smallest absolute Gasteiger partial charge is 0.196 e. The van der Waals surface area contributed by atoms with Crippen LogP contribution in [0.3, 0.4) is 0 Å². The Bertz CT molecular complexity index is 462. The van der Waals surface area contributed by atoms with Crippen LogP contribution in [0.15, 0.2) is 18.2 Å². The van der Waals surface area contributed by atoms with Crippen LogP contribution in [0.1, 0.15) is 5.56 Å². The molecule has 4 heteroatoms. The minimum atomic E-state index is 0.609. The zero-order valence-electron chi connectivity index (χ0n) is 7.95. The van der Waals surface area contributed by atoms with Gasteiger partial charge in [0.05, 0.1) is 5.02 Å². The predicted octanol–water partition coefficient (Wildman–Crippen LogP) is 2.24. The van der Waals surface area contributed by atoms with Gasteiger partial charge in [-0.15, -0.1) is 0 Å². The van der Waals surface area contributed by atoms with Gasteiger partial charge >= 0.3 is 0 Å². The van der Waals surface area contributed by atoms with Crippen LogP contribution in [0.2, 0.25) is 5.02 Å². The van der Waals surface area contributed by atoms with E-state index in [0.717, 1.165) is 11.1 Å². The first-order valence-electron chi connectivity index (χ1n) is 4.22. The van der Waals surface area contributed by atoms with E-state index in [1.807, 2.05) is 25.1 Å². The second-order valence-electron chi connectivity index (χ2n) is 3.14.